The number of aryl methyl sites for hydroxylation is 2. The lowest BCUT2D eigenvalue weighted by molar-refractivity contribution is -0.131. The van der Waals surface area contributed by atoms with Crippen LogP contribution in [0.1, 0.15) is 41.3 Å². The van der Waals surface area contributed by atoms with Crippen molar-refractivity contribution in [2.75, 3.05) is 5.32 Å². The average Bonchev–Trinajstić information content (AvgIpc) is 2.34. The number of anilines is 1. The average molecular weight is 259 g/mol. The molecule has 1 unspecified atom stereocenters. The second-order valence-corrected chi connectivity index (χ2v) is 5.58. The molecular weight excluding hydrogens is 242 g/mol. The summed E-state index contributed by atoms with van der Waals surface area (Å²) in [6, 6.07) is 3.91. The molecule has 0 aromatic heterocycles. The predicted molar refractivity (Wildman–Crippen MR) is 71.5 cm³/mol. The largest absolute Gasteiger partial charge is 0.361 e. The van der Waals surface area contributed by atoms with E-state index in [2.05, 4.69) is 16.8 Å². The van der Waals surface area contributed by atoms with Crippen LogP contribution in [-0.2, 0) is 4.79 Å². The molecule has 0 saturated carbocycles. The van der Waals surface area contributed by atoms with Gasteiger partial charge in [-0.25, -0.2) is 5.01 Å². The molecule has 0 spiro atoms. The lowest BCUT2D eigenvalue weighted by atomic mass is 9.93. The van der Waals surface area contributed by atoms with Crippen molar-refractivity contribution >= 4 is 17.5 Å². The molecule has 1 fully saturated rings. The van der Waals surface area contributed by atoms with Gasteiger partial charge in [-0.1, -0.05) is 6.07 Å². The highest BCUT2D eigenvalue weighted by Gasteiger charge is 2.45. The minimum atomic E-state index is -0.544. The van der Waals surface area contributed by atoms with E-state index in [1.54, 1.807) is 0 Å². The molecule has 0 radical (unpaired) electrons. The van der Waals surface area contributed by atoms with Gasteiger partial charge in [0.25, 0.3) is 5.91 Å². The molecule has 3 rings (SSSR count). The second-order valence-electron chi connectivity index (χ2n) is 5.58. The summed E-state index contributed by atoms with van der Waals surface area (Å²) in [5.41, 5.74) is 5.73. The molecule has 1 atom stereocenters. The zero-order valence-corrected chi connectivity index (χ0v) is 11.3. The van der Waals surface area contributed by atoms with Crippen molar-refractivity contribution in [1.29, 1.82) is 0 Å². The smallest absolute Gasteiger partial charge is 0.276 e. The maximum absolute atomic E-state index is 12.6. The van der Waals surface area contributed by atoms with Crippen molar-refractivity contribution in [3.05, 3.63) is 28.8 Å². The first-order chi connectivity index (χ1) is 8.90. The van der Waals surface area contributed by atoms with Gasteiger partial charge in [0, 0.05) is 6.42 Å². The van der Waals surface area contributed by atoms with Gasteiger partial charge < -0.3 is 5.32 Å². The van der Waals surface area contributed by atoms with E-state index in [0.29, 0.717) is 18.4 Å². The number of fused-ring (bicyclic) bond motifs is 2. The number of amides is 2. The summed E-state index contributed by atoms with van der Waals surface area (Å²) < 4.78 is 0. The number of hydrazine groups is 1. The maximum atomic E-state index is 12.6. The Morgan fingerprint density at radius 1 is 1.26 bits per heavy atom. The van der Waals surface area contributed by atoms with Gasteiger partial charge in [0.2, 0.25) is 5.91 Å². The lowest BCUT2D eigenvalue weighted by Crippen LogP contribution is -2.67. The molecule has 1 aromatic rings. The Balaban J connectivity index is 2.14. The number of hydrogen-bond acceptors (Lipinski definition) is 3. The van der Waals surface area contributed by atoms with Crippen LogP contribution in [0.5, 0.6) is 0 Å². The fourth-order valence-corrected chi connectivity index (χ4v) is 2.86. The number of carbonyl (C=O) groups is 2. The molecule has 2 heterocycles. The number of carbonyl (C=O) groups excluding carboxylic acids is 2. The standard InChI is InChI=1S/C14H17N3O2/c1-8-6-9(2)12-10(7-8)13(19)17-14(3,15-12)5-4-11(18)16-17/h6-7,15H,4-5H2,1-3H3,(H,16,18). The van der Waals surface area contributed by atoms with Crippen LogP contribution in [0.2, 0.25) is 0 Å². The van der Waals surface area contributed by atoms with E-state index < -0.39 is 5.66 Å². The van der Waals surface area contributed by atoms with E-state index in [9.17, 15) is 9.59 Å². The lowest BCUT2D eigenvalue weighted by Gasteiger charge is -2.48. The van der Waals surface area contributed by atoms with Crippen LogP contribution in [-0.4, -0.2) is 22.5 Å². The molecule has 1 aromatic carbocycles. The van der Waals surface area contributed by atoms with E-state index in [0.717, 1.165) is 16.8 Å². The molecule has 1 saturated heterocycles. The molecule has 0 aliphatic carbocycles. The van der Waals surface area contributed by atoms with Crippen LogP contribution in [0.25, 0.3) is 0 Å². The number of nitrogens with one attached hydrogen (secondary N) is 2. The van der Waals surface area contributed by atoms with Gasteiger partial charge in [-0.2, -0.15) is 0 Å². The summed E-state index contributed by atoms with van der Waals surface area (Å²) in [6.07, 6.45) is 1.03. The van der Waals surface area contributed by atoms with Gasteiger partial charge in [0.15, 0.2) is 0 Å². The number of benzene rings is 1. The third kappa shape index (κ3) is 1.69. The first-order valence-electron chi connectivity index (χ1n) is 6.44. The molecule has 0 bridgehead atoms. The SMILES string of the molecule is Cc1cc(C)c2c(c1)C(=O)N1NC(=O)CCC1(C)N2. The minimum absolute atomic E-state index is 0.111. The number of nitrogens with zero attached hydrogens (tertiary/aromatic N) is 1. The van der Waals surface area contributed by atoms with Crippen LogP contribution >= 0.6 is 0 Å². The Morgan fingerprint density at radius 2 is 2.00 bits per heavy atom. The molecule has 2 amide bonds. The van der Waals surface area contributed by atoms with Crippen molar-refractivity contribution in [3.63, 3.8) is 0 Å². The zero-order chi connectivity index (χ0) is 13.8. The van der Waals surface area contributed by atoms with Crippen LogP contribution in [0, 0.1) is 13.8 Å². The van der Waals surface area contributed by atoms with E-state index >= 15 is 0 Å². The van der Waals surface area contributed by atoms with E-state index in [1.165, 1.54) is 5.01 Å². The third-order valence-corrected chi connectivity index (χ3v) is 3.88. The number of hydrogen-bond donors (Lipinski definition) is 2. The minimum Gasteiger partial charge on any atom is -0.361 e. The molecule has 19 heavy (non-hydrogen) atoms. The molecular formula is C14H17N3O2. The van der Waals surface area contributed by atoms with Gasteiger partial charge in [-0.15, -0.1) is 0 Å². The van der Waals surface area contributed by atoms with Gasteiger partial charge in [0.05, 0.1) is 11.3 Å². The normalized spacial score (nSPS) is 25.3. The fourth-order valence-electron chi connectivity index (χ4n) is 2.86. The number of rotatable bonds is 0. The Morgan fingerprint density at radius 3 is 2.74 bits per heavy atom. The van der Waals surface area contributed by atoms with Gasteiger partial charge >= 0.3 is 0 Å². The van der Waals surface area contributed by atoms with Crippen molar-refractivity contribution in [2.45, 2.75) is 39.3 Å². The van der Waals surface area contributed by atoms with Crippen LogP contribution in [0.3, 0.4) is 0 Å². The van der Waals surface area contributed by atoms with Crippen LogP contribution < -0.4 is 10.7 Å². The summed E-state index contributed by atoms with van der Waals surface area (Å²) in [5.74, 6) is -0.253. The summed E-state index contributed by atoms with van der Waals surface area (Å²) in [5, 5.41) is 4.84. The highest BCUT2D eigenvalue weighted by atomic mass is 16.2. The molecule has 2 aliphatic rings. The van der Waals surface area contributed by atoms with E-state index in [-0.39, 0.29) is 11.8 Å². The molecule has 100 valence electrons. The predicted octanol–water partition coefficient (Wildman–Crippen LogP) is 1.71. The highest BCUT2D eigenvalue weighted by Crippen LogP contribution is 2.36. The first kappa shape index (κ1) is 12.0. The van der Waals surface area contributed by atoms with Crippen molar-refractivity contribution in [2.24, 2.45) is 0 Å². The molecule has 2 aliphatic heterocycles. The Labute approximate surface area is 111 Å². The third-order valence-electron chi connectivity index (χ3n) is 3.88. The van der Waals surface area contributed by atoms with Gasteiger partial charge in [0.1, 0.15) is 5.66 Å². The van der Waals surface area contributed by atoms with Crippen molar-refractivity contribution < 1.29 is 9.59 Å². The fraction of sp³-hybridized carbons (Fsp3) is 0.429. The monoisotopic (exact) mass is 259 g/mol. The van der Waals surface area contributed by atoms with E-state index in [4.69, 9.17) is 0 Å². The second kappa shape index (κ2) is 3.73. The maximum Gasteiger partial charge on any atom is 0.276 e. The van der Waals surface area contributed by atoms with Gasteiger partial charge in [-0.3, -0.25) is 15.0 Å². The summed E-state index contributed by atoms with van der Waals surface area (Å²) in [7, 11) is 0. The van der Waals surface area contributed by atoms with Crippen LogP contribution in [0.4, 0.5) is 5.69 Å². The molecule has 2 N–H and O–H groups in total. The highest BCUT2D eigenvalue weighted by molar-refractivity contribution is 6.04. The summed E-state index contributed by atoms with van der Waals surface area (Å²) >= 11 is 0. The zero-order valence-electron chi connectivity index (χ0n) is 11.3. The molecule has 5 nitrogen and oxygen atoms in total. The summed E-state index contributed by atoms with van der Waals surface area (Å²) in [4.78, 5) is 24.1. The Kier molecular flexibility index (Phi) is 2.36. The van der Waals surface area contributed by atoms with Crippen LogP contribution in [0.15, 0.2) is 12.1 Å². The quantitative estimate of drug-likeness (QED) is 0.745. The Hall–Kier alpha value is -2.04. The Bertz CT molecular complexity index is 597. The topological polar surface area (TPSA) is 61.4 Å². The van der Waals surface area contributed by atoms with E-state index in [1.807, 2.05) is 26.8 Å². The van der Waals surface area contributed by atoms with Crippen molar-refractivity contribution in [1.82, 2.24) is 10.4 Å². The summed E-state index contributed by atoms with van der Waals surface area (Å²) in [6.45, 7) is 5.89. The van der Waals surface area contributed by atoms with Crippen molar-refractivity contribution in [3.8, 4) is 0 Å². The first-order valence-corrected chi connectivity index (χ1v) is 6.44. The molecule has 5 heteroatoms. The van der Waals surface area contributed by atoms with Gasteiger partial charge in [-0.05, 0) is 44.4 Å².